The van der Waals surface area contributed by atoms with Crippen LogP contribution in [0, 0.1) is 31.1 Å². The van der Waals surface area contributed by atoms with Crippen LogP contribution in [0.4, 0.5) is 4.39 Å². The van der Waals surface area contributed by atoms with Crippen molar-refractivity contribution in [2.75, 3.05) is 6.54 Å². The third kappa shape index (κ3) is 4.14. The Kier molecular flexibility index (Phi) is 6.06. The fourth-order valence-corrected chi connectivity index (χ4v) is 4.35. The summed E-state index contributed by atoms with van der Waals surface area (Å²) in [6.45, 7) is 3.61. The molecule has 0 spiro atoms. The molecule has 3 aromatic carbocycles. The molecule has 0 bridgehead atoms. The molecule has 1 aliphatic rings. The predicted octanol–water partition coefficient (Wildman–Crippen LogP) is 4.39. The Morgan fingerprint density at radius 1 is 0.875 bits per heavy atom. The van der Waals surface area contributed by atoms with E-state index in [4.69, 9.17) is 0 Å². The third-order valence-corrected chi connectivity index (χ3v) is 6.07. The van der Waals surface area contributed by atoms with Gasteiger partial charge in [0.05, 0.1) is 0 Å². The van der Waals surface area contributed by atoms with Crippen LogP contribution < -0.4 is 5.32 Å². The predicted molar refractivity (Wildman–Crippen MR) is 118 cm³/mol. The summed E-state index contributed by atoms with van der Waals surface area (Å²) in [6.07, 6.45) is 0. The number of hydrogen-bond donors (Lipinski definition) is 3. The van der Waals surface area contributed by atoms with Gasteiger partial charge >= 0.3 is 0 Å². The smallest absolute Gasteiger partial charge is 0.168 e. The molecule has 3 N–H and O–H groups in total. The van der Waals surface area contributed by atoms with Gasteiger partial charge in [-0.2, -0.15) is 0 Å². The van der Waals surface area contributed by atoms with Crippen molar-refractivity contribution in [3.05, 3.63) is 101 Å². The van der Waals surface area contributed by atoms with Crippen molar-refractivity contribution in [3.8, 4) is 11.5 Å². The number of aromatic hydroxyl groups is 2. The Balaban J connectivity index is 1.79. The fourth-order valence-electron chi connectivity index (χ4n) is 4.35. The zero-order chi connectivity index (χ0) is 22.8. The molecular formula is C26H23FNO4. The van der Waals surface area contributed by atoms with E-state index in [9.17, 15) is 24.2 Å². The van der Waals surface area contributed by atoms with Gasteiger partial charge in [-0.15, -0.1) is 0 Å². The Bertz CT molecular complexity index is 1080. The minimum absolute atomic E-state index is 0.0465. The molecule has 163 valence electrons. The highest BCUT2D eigenvalue weighted by molar-refractivity contribution is 6.02. The molecule has 1 heterocycles. The number of Topliss-reactive ketones (excluding diaryl/α,β-unsaturated/α-hetero) is 2. The molecule has 1 fully saturated rings. The van der Waals surface area contributed by atoms with Gasteiger partial charge in [0.15, 0.2) is 11.6 Å². The second-order valence-corrected chi connectivity index (χ2v) is 8.01. The van der Waals surface area contributed by atoms with Crippen LogP contribution in [0.15, 0.2) is 66.7 Å². The number of benzene rings is 3. The number of carbonyl (C=O) groups is 2. The monoisotopic (exact) mass is 432 g/mol. The Morgan fingerprint density at radius 3 is 2.03 bits per heavy atom. The quantitative estimate of drug-likeness (QED) is 0.521. The summed E-state index contributed by atoms with van der Waals surface area (Å²) >= 11 is 0. The molecule has 0 saturated carbocycles. The Hall–Kier alpha value is -3.51. The molecule has 32 heavy (non-hydrogen) atoms. The van der Waals surface area contributed by atoms with Crippen LogP contribution in [0.5, 0.6) is 11.5 Å². The number of hydrogen-bond acceptors (Lipinski definition) is 5. The van der Waals surface area contributed by atoms with Crippen LogP contribution in [0.3, 0.4) is 0 Å². The van der Waals surface area contributed by atoms with E-state index in [0.29, 0.717) is 28.8 Å². The van der Waals surface area contributed by atoms with E-state index in [1.807, 2.05) is 0 Å². The maximum Gasteiger partial charge on any atom is 0.168 e. The molecule has 0 aromatic heterocycles. The maximum atomic E-state index is 14.5. The first-order valence-corrected chi connectivity index (χ1v) is 10.3. The molecule has 0 amide bonds. The molecule has 3 aromatic rings. The number of halogens is 1. The summed E-state index contributed by atoms with van der Waals surface area (Å²) in [5, 5.41) is 22.2. The molecular weight excluding hydrogens is 409 g/mol. The van der Waals surface area contributed by atoms with E-state index < -0.39 is 23.6 Å². The number of phenols is 2. The lowest BCUT2D eigenvalue weighted by atomic mass is 9.68. The van der Waals surface area contributed by atoms with E-state index >= 15 is 0 Å². The number of rotatable bonds is 5. The zero-order valence-electron chi connectivity index (χ0n) is 17.5. The van der Waals surface area contributed by atoms with E-state index in [0.717, 1.165) is 0 Å². The van der Waals surface area contributed by atoms with Crippen molar-refractivity contribution in [1.82, 2.24) is 5.32 Å². The first-order valence-electron chi connectivity index (χ1n) is 10.3. The van der Waals surface area contributed by atoms with Crippen LogP contribution in [0.25, 0.3) is 0 Å². The second-order valence-electron chi connectivity index (χ2n) is 8.01. The molecule has 1 radical (unpaired) electrons. The highest BCUT2D eigenvalue weighted by Crippen LogP contribution is 2.41. The van der Waals surface area contributed by atoms with Gasteiger partial charge in [0.1, 0.15) is 17.3 Å². The van der Waals surface area contributed by atoms with Gasteiger partial charge in [-0.3, -0.25) is 9.59 Å². The molecule has 0 aliphatic carbocycles. The summed E-state index contributed by atoms with van der Waals surface area (Å²) in [7, 11) is 0. The van der Waals surface area contributed by atoms with E-state index in [1.165, 1.54) is 42.5 Å². The highest BCUT2D eigenvalue weighted by Gasteiger charge is 2.43. The average Bonchev–Trinajstić information content (AvgIpc) is 2.80. The van der Waals surface area contributed by atoms with Crippen LogP contribution in [0.1, 0.15) is 37.8 Å². The van der Waals surface area contributed by atoms with Gasteiger partial charge in [-0.25, -0.2) is 4.39 Å². The molecule has 6 heteroatoms. The van der Waals surface area contributed by atoms with Gasteiger partial charge in [-0.05, 0) is 72.6 Å². The summed E-state index contributed by atoms with van der Waals surface area (Å²) in [5.74, 6) is -2.66. The van der Waals surface area contributed by atoms with Gasteiger partial charge in [0, 0.05) is 42.0 Å². The SMILES string of the molecule is Cc1c(F)cccc1C1[C@@H](C(=O)c2ccc(O)cc2)[CH]NC[C@H]1C(=O)c1ccc(O)cc1. The largest absolute Gasteiger partial charge is 0.508 e. The zero-order valence-corrected chi connectivity index (χ0v) is 17.5. The standard InChI is InChI=1S/C26H23FNO4/c1-15-20(3-2-4-23(15)27)24-21(25(31)16-5-9-18(29)10-6-16)13-28-14-22(24)26(32)17-7-11-19(30)12-8-17/h2-13,21-22,24,28-30H,14H2,1H3/t21-,22+,24?/m0/s1. The van der Waals surface area contributed by atoms with E-state index in [-0.39, 0.29) is 23.1 Å². The van der Waals surface area contributed by atoms with Gasteiger partial charge in [-0.1, -0.05) is 12.1 Å². The van der Waals surface area contributed by atoms with E-state index in [1.54, 1.807) is 37.7 Å². The molecule has 3 atom stereocenters. The maximum absolute atomic E-state index is 14.5. The average molecular weight is 432 g/mol. The molecule has 1 unspecified atom stereocenters. The normalized spacial score (nSPS) is 20.6. The van der Waals surface area contributed by atoms with Gasteiger partial charge in [0.2, 0.25) is 0 Å². The number of piperidine rings is 1. The van der Waals surface area contributed by atoms with Crippen molar-refractivity contribution in [1.29, 1.82) is 0 Å². The Morgan fingerprint density at radius 2 is 1.44 bits per heavy atom. The van der Waals surface area contributed by atoms with Gasteiger partial charge in [0.25, 0.3) is 0 Å². The van der Waals surface area contributed by atoms with Crippen LogP contribution >= 0.6 is 0 Å². The summed E-state index contributed by atoms with van der Waals surface area (Å²) < 4.78 is 14.5. The highest BCUT2D eigenvalue weighted by atomic mass is 19.1. The molecule has 4 rings (SSSR count). The van der Waals surface area contributed by atoms with Crippen molar-refractivity contribution < 1.29 is 24.2 Å². The first-order chi connectivity index (χ1) is 15.4. The lowest BCUT2D eigenvalue weighted by Crippen LogP contribution is -2.45. The van der Waals surface area contributed by atoms with Gasteiger partial charge < -0.3 is 15.5 Å². The summed E-state index contributed by atoms with van der Waals surface area (Å²) in [6, 6.07) is 16.6. The Labute approximate surface area is 185 Å². The summed E-state index contributed by atoms with van der Waals surface area (Å²) in [4.78, 5) is 26.9. The lowest BCUT2D eigenvalue weighted by Gasteiger charge is -2.38. The fraction of sp³-hybridized carbons (Fsp3) is 0.192. The number of carbonyl (C=O) groups excluding carboxylic acids is 2. The van der Waals surface area contributed by atoms with Crippen molar-refractivity contribution in [2.24, 2.45) is 11.8 Å². The topological polar surface area (TPSA) is 86.6 Å². The van der Waals surface area contributed by atoms with Crippen molar-refractivity contribution in [3.63, 3.8) is 0 Å². The number of nitrogens with one attached hydrogen (secondary N) is 1. The van der Waals surface area contributed by atoms with Crippen molar-refractivity contribution in [2.45, 2.75) is 12.8 Å². The number of ketones is 2. The number of phenolic OH excluding ortho intramolecular Hbond substituents is 2. The lowest BCUT2D eigenvalue weighted by molar-refractivity contribution is 0.0798. The van der Waals surface area contributed by atoms with Crippen molar-refractivity contribution >= 4 is 11.6 Å². The molecule has 1 aliphatic heterocycles. The first kappa shape index (κ1) is 21.7. The van der Waals surface area contributed by atoms with Crippen LogP contribution in [0.2, 0.25) is 0 Å². The minimum atomic E-state index is -0.722. The van der Waals surface area contributed by atoms with E-state index in [2.05, 4.69) is 5.32 Å². The molecule has 1 saturated heterocycles. The minimum Gasteiger partial charge on any atom is -0.508 e. The van der Waals surface area contributed by atoms with Crippen LogP contribution in [-0.2, 0) is 0 Å². The molecule has 5 nitrogen and oxygen atoms in total. The third-order valence-electron chi connectivity index (χ3n) is 6.07. The van der Waals surface area contributed by atoms with Crippen LogP contribution in [-0.4, -0.2) is 28.3 Å². The summed E-state index contributed by atoms with van der Waals surface area (Å²) in [5.41, 5.74) is 1.81. The second kappa shape index (κ2) is 8.93.